The summed E-state index contributed by atoms with van der Waals surface area (Å²) < 4.78 is 82.9. The van der Waals surface area contributed by atoms with Crippen molar-refractivity contribution >= 4 is 44.3 Å². The van der Waals surface area contributed by atoms with Crippen LogP contribution in [0.4, 0.5) is 18.9 Å². The van der Waals surface area contributed by atoms with Gasteiger partial charge in [0.2, 0.25) is 0 Å². The number of rotatable bonds is 8. The van der Waals surface area contributed by atoms with Gasteiger partial charge < -0.3 is 4.74 Å². The number of sulfonamides is 1. The molecule has 0 radical (unpaired) electrons. The van der Waals surface area contributed by atoms with Gasteiger partial charge in [0.1, 0.15) is 5.15 Å². The zero-order valence-corrected chi connectivity index (χ0v) is 23.7. The molecule has 0 spiro atoms. The van der Waals surface area contributed by atoms with Crippen molar-refractivity contribution in [2.75, 3.05) is 18.5 Å². The van der Waals surface area contributed by atoms with Gasteiger partial charge in [-0.1, -0.05) is 11.6 Å². The lowest BCUT2D eigenvalue weighted by atomic mass is 9.94. The van der Waals surface area contributed by atoms with Crippen LogP contribution < -0.4 is 9.03 Å². The van der Waals surface area contributed by atoms with Crippen LogP contribution in [0, 0.1) is 13.8 Å². The fourth-order valence-electron chi connectivity index (χ4n) is 3.47. The van der Waals surface area contributed by atoms with Gasteiger partial charge in [0.05, 0.1) is 46.7 Å². The van der Waals surface area contributed by atoms with Gasteiger partial charge in [0, 0.05) is 7.05 Å². The first kappa shape index (κ1) is 31.0. The molecule has 2 atom stereocenters. The highest BCUT2D eigenvalue weighted by molar-refractivity contribution is 7.93. The molecule has 0 amide bonds. The molecule has 2 rings (SSSR count). The molecule has 0 aliphatic heterocycles. The van der Waals surface area contributed by atoms with E-state index in [4.69, 9.17) is 16.3 Å². The summed E-state index contributed by atoms with van der Waals surface area (Å²) in [6, 6.07) is 4.97. The maximum atomic E-state index is 13.0. The molecule has 1 aromatic carbocycles. The first-order valence-corrected chi connectivity index (χ1v) is 13.9. The van der Waals surface area contributed by atoms with Crippen molar-refractivity contribution in [3.63, 3.8) is 0 Å². The van der Waals surface area contributed by atoms with Gasteiger partial charge in [-0.05, 0) is 81.1 Å². The lowest BCUT2D eigenvalue weighted by molar-refractivity contribution is -0.141. The molecule has 8 nitrogen and oxygen atoms in total. The standard InChI is InChI=1S/C23H29ClF3N3O5S2/c1-13-8-16(30(6)37(33,34)23(25,26)27)9-14(2)21(13)15-10-17(28-19(24)11-15)18(12-20(31)35-7)29-36(32)22(3,4)5/h8-11,18,29H,12H2,1-7H3/t18-,36+/m0/s1. The number of nitrogens with zero attached hydrogens (tertiary/aromatic N) is 2. The zero-order valence-electron chi connectivity index (χ0n) is 21.4. The first-order valence-electron chi connectivity index (χ1n) is 10.9. The van der Waals surface area contributed by atoms with E-state index in [1.54, 1.807) is 40.7 Å². The Balaban J connectivity index is 2.61. The topological polar surface area (TPSA) is 106 Å². The molecule has 0 unspecified atom stereocenters. The highest BCUT2D eigenvalue weighted by Crippen LogP contribution is 2.36. The van der Waals surface area contributed by atoms with Gasteiger partial charge in [-0.15, -0.1) is 0 Å². The minimum atomic E-state index is -5.58. The van der Waals surface area contributed by atoms with Crippen LogP contribution in [0.2, 0.25) is 5.15 Å². The second kappa shape index (κ2) is 11.3. The number of nitrogens with one attached hydrogen (secondary N) is 1. The molecule has 0 saturated heterocycles. The molecular formula is C23H29ClF3N3O5S2. The number of hydrogen-bond donors (Lipinski definition) is 1. The summed E-state index contributed by atoms with van der Waals surface area (Å²) in [4.78, 5) is 16.4. The predicted octanol–water partition coefficient (Wildman–Crippen LogP) is 4.96. The van der Waals surface area contributed by atoms with Gasteiger partial charge in [-0.25, -0.2) is 13.9 Å². The number of anilines is 1. The van der Waals surface area contributed by atoms with Gasteiger partial charge in [-0.2, -0.15) is 21.6 Å². The summed E-state index contributed by atoms with van der Waals surface area (Å²) in [6.45, 7) is 8.50. The summed E-state index contributed by atoms with van der Waals surface area (Å²) in [5, 5.41) is 0.0605. The van der Waals surface area contributed by atoms with E-state index in [1.165, 1.54) is 25.3 Å². The van der Waals surface area contributed by atoms with Gasteiger partial charge >= 0.3 is 21.5 Å². The molecule has 37 heavy (non-hydrogen) atoms. The van der Waals surface area contributed by atoms with Crippen LogP contribution in [0.25, 0.3) is 11.1 Å². The van der Waals surface area contributed by atoms with Gasteiger partial charge in [0.15, 0.2) is 0 Å². The van der Waals surface area contributed by atoms with Crippen LogP contribution in [-0.2, 0) is 30.5 Å². The third-order valence-electron chi connectivity index (χ3n) is 5.40. The second-order valence-electron chi connectivity index (χ2n) is 9.31. The third-order valence-corrected chi connectivity index (χ3v) is 8.72. The highest BCUT2D eigenvalue weighted by atomic mass is 35.5. The molecule has 1 heterocycles. The van der Waals surface area contributed by atoms with Gasteiger partial charge in [0.25, 0.3) is 0 Å². The summed E-state index contributed by atoms with van der Waals surface area (Å²) in [7, 11) is -5.10. The second-order valence-corrected chi connectivity index (χ2v) is 13.7. The van der Waals surface area contributed by atoms with Crippen molar-refractivity contribution in [1.29, 1.82) is 0 Å². The molecule has 2 aromatic rings. The minimum Gasteiger partial charge on any atom is -0.469 e. The smallest absolute Gasteiger partial charge is 0.469 e. The van der Waals surface area contributed by atoms with Crippen LogP contribution in [0.5, 0.6) is 0 Å². The SMILES string of the molecule is COC(=O)C[C@H](N[S@](=O)C(C)(C)C)c1cc(-c2c(C)cc(N(C)S(=O)(=O)C(F)(F)F)cc2C)cc(Cl)n1. The van der Waals surface area contributed by atoms with E-state index in [0.717, 1.165) is 7.05 Å². The fourth-order valence-corrected chi connectivity index (χ4v) is 5.20. The van der Waals surface area contributed by atoms with Crippen LogP contribution in [0.15, 0.2) is 24.3 Å². The number of aryl methyl sites for hydroxylation is 2. The lowest BCUT2D eigenvalue weighted by Crippen LogP contribution is -2.38. The van der Waals surface area contributed by atoms with Crippen LogP contribution in [-0.4, -0.2) is 48.0 Å². The largest absolute Gasteiger partial charge is 0.516 e. The Labute approximate surface area is 222 Å². The molecule has 1 aromatic heterocycles. The normalized spacial score (nSPS) is 14.2. The highest BCUT2D eigenvalue weighted by Gasteiger charge is 2.49. The van der Waals surface area contributed by atoms with E-state index in [-0.39, 0.29) is 21.6 Å². The number of esters is 1. The zero-order chi connectivity index (χ0) is 28.5. The monoisotopic (exact) mass is 583 g/mol. The first-order chi connectivity index (χ1) is 16.8. The third kappa shape index (κ3) is 7.21. The number of aromatic nitrogens is 1. The van der Waals surface area contributed by atoms with Crippen molar-refractivity contribution < 1.29 is 35.3 Å². The molecule has 206 valence electrons. The van der Waals surface area contributed by atoms with Crippen LogP contribution in [0.1, 0.15) is 50.1 Å². The van der Waals surface area contributed by atoms with E-state index in [9.17, 15) is 30.6 Å². The molecule has 1 N–H and O–H groups in total. The average molecular weight is 584 g/mol. The molecule has 14 heteroatoms. The number of pyridine rings is 1. The Kier molecular flexibility index (Phi) is 9.43. The Morgan fingerprint density at radius 1 is 1.16 bits per heavy atom. The van der Waals surface area contributed by atoms with E-state index in [1.807, 2.05) is 0 Å². The number of halogens is 4. The minimum absolute atomic E-state index is 0.0605. The molecule has 0 bridgehead atoms. The van der Waals surface area contributed by atoms with Crippen molar-refractivity contribution in [2.24, 2.45) is 0 Å². The predicted molar refractivity (Wildman–Crippen MR) is 138 cm³/mol. The summed E-state index contributed by atoms with van der Waals surface area (Å²) in [5.41, 5.74) is -3.26. The number of hydrogen-bond acceptors (Lipinski definition) is 6. The lowest BCUT2D eigenvalue weighted by Gasteiger charge is -2.25. The van der Waals surface area contributed by atoms with Gasteiger partial charge in [-0.3, -0.25) is 9.10 Å². The molecular weight excluding hydrogens is 555 g/mol. The molecule has 0 aliphatic carbocycles. The Hall–Kier alpha value is -2.22. The Morgan fingerprint density at radius 3 is 2.16 bits per heavy atom. The molecule has 0 saturated carbocycles. The average Bonchev–Trinajstić information content (AvgIpc) is 2.75. The number of alkyl halides is 3. The molecule has 0 aliphatic rings. The quantitative estimate of drug-likeness (QED) is 0.348. The van der Waals surface area contributed by atoms with Crippen molar-refractivity contribution in [1.82, 2.24) is 9.71 Å². The summed E-state index contributed by atoms with van der Waals surface area (Å²) in [5.74, 6) is -0.572. The maximum Gasteiger partial charge on any atom is 0.516 e. The van der Waals surface area contributed by atoms with Crippen LogP contribution in [0.3, 0.4) is 0 Å². The van der Waals surface area contributed by atoms with Crippen LogP contribution >= 0.6 is 11.6 Å². The fraction of sp³-hybridized carbons (Fsp3) is 0.478. The number of carbonyl (C=O) groups is 1. The van der Waals surface area contributed by atoms with E-state index >= 15 is 0 Å². The number of benzene rings is 1. The maximum absolute atomic E-state index is 13.0. The van der Waals surface area contributed by atoms with Crippen molar-refractivity contribution in [2.45, 2.75) is 57.3 Å². The summed E-state index contributed by atoms with van der Waals surface area (Å²) in [6.07, 6.45) is -0.192. The van der Waals surface area contributed by atoms with Crippen molar-refractivity contribution in [3.8, 4) is 11.1 Å². The number of methoxy groups -OCH3 is 1. The van der Waals surface area contributed by atoms with Crippen molar-refractivity contribution in [3.05, 3.63) is 46.2 Å². The number of carbonyl (C=O) groups excluding carboxylic acids is 1. The Bertz CT molecular complexity index is 1290. The molecule has 0 fully saturated rings. The summed E-state index contributed by atoms with van der Waals surface area (Å²) >= 11 is 6.29. The number of ether oxygens (including phenoxy) is 1. The van der Waals surface area contributed by atoms with E-state index < -0.39 is 43.3 Å². The van der Waals surface area contributed by atoms with E-state index in [0.29, 0.717) is 27.9 Å². The van der Waals surface area contributed by atoms with E-state index in [2.05, 4.69) is 9.71 Å². The Morgan fingerprint density at radius 2 is 1.70 bits per heavy atom.